The number of ether oxygens (including phenoxy) is 1. The van der Waals surface area contributed by atoms with E-state index < -0.39 is 18.2 Å². The van der Waals surface area contributed by atoms with Crippen molar-refractivity contribution in [3.63, 3.8) is 0 Å². The molecule has 0 saturated heterocycles. The van der Waals surface area contributed by atoms with E-state index in [9.17, 15) is 15.0 Å². The summed E-state index contributed by atoms with van der Waals surface area (Å²) < 4.78 is 4.62. The predicted molar refractivity (Wildman–Crippen MR) is 62.5 cm³/mol. The third-order valence-electron chi connectivity index (χ3n) is 2.54. The average molecular weight is 239 g/mol. The van der Waals surface area contributed by atoms with Crippen molar-refractivity contribution in [2.24, 2.45) is 5.73 Å². The molecule has 2 atom stereocenters. The number of aryl methyl sites for hydroxylation is 1. The molecule has 94 valence electrons. The molecule has 5 heteroatoms. The van der Waals surface area contributed by atoms with Crippen LogP contribution in [0.15, 0.2) is 18.2 Å². The molecular formula is C12H17NO4. The zero-order chi connectivity index (χ0) is 13.0. The first-order valence-electron chi connectivity index (χ1n) is 5.26. The zero-order valence-corrected chi connectivity index (χ0v) is 9.88. The van der Waals surface area contributed by atoms with Crippen LogP contribution in [0.25, 0.3) is 0 Å². The van der Waals surface area contributed by atoms with Gasteiger partial charge >= 0.3 is 5.97 Å². The molecule has 0 spiro atoms. The lowest BCUT2D eigenvalue weighted by molar-refractivity contribution is 0.0228. The number of hydrogen-bond acceptors (Lipinski definition) is 5. The number of nitrogens with two attached hydrogens (primary N) is 1. The van der Waals surface area contributed by atoms with Gasteiger partial charge in [-0.1, -0.05) is 17.7 Å². The standard InChI is InChI=1S/C12H17NO4/c1-7-3-4-8(12(16)17-2)9(5-7)11(15)10(14)6-13/h3-5,10-11,14-15H,6,13H2,1-2H3. The minimum atomic E-state index is -1.20. The maximum Gasteiger partial charge on any atom is 0.338 e. The Kier molecular flexibility index (Phi) is 4.62. The molecule has 0 aliphatic rings. The minimum Gasteiger partial charge on any atom is -0.465 e. The average Bonchev–Trinajstić information content (AvgIpc) is 2.35. The maximum absolute atomic E-state index is 11.5. The topological polar surface area (TPSA) is 92.8 Å². The van der Waals surface area contributed by atoms with Crippen LogP contribution in [0.4, 0.5) is 0 Å². The monoisotopic (exact) mass is 239 g/mol. The first kappa shape index (κ1) is 13.6. The highest BCUT2D eigenvalue weighted by Crippen LogP contribution is 2.23. The Balaban J connectivity index is 3.19. The molecular weight excluding hydrogens is 222 g/mol. The van der Waals surface area contributed by atoms with E-state index in [1.54, 1.807) is 18.2 Å². The second-order valence-electron chi connectivity index (χ2n) is 3.83. The van der Waals surface area contributed by atoms with Gasteiger partial charge in [-0.05, 0) is 18.6 Å². The lowest BCUT2D eigenvalue weighted by Crippen LogP contribution is -2.28. The van der Waals surface area contributed by atoms with Crippen LogP contribution in [0, 0.1) is 6.92 Å². The fraction of sp³-hybridized carbons (Fsp3) is 0.417. The molecule has 0 aliphatic heterocycles. The Hall–Kier alpha value is -1.43. The minimum absolute atomic E-state index is 0.0876. The highest BCUT2D eigenvalue weighted by atomic mass is 16.5. The molecule has 1 aromatic carbocycles. The molecule has 1 aromatic rings. The van der Waals surface area contributed by atoms with Crippen LogP contribution >= 0.6 is 0 Å². The van der Waals surface area contributed by atoms with E-state index in [0.717, 1.165) is 5.56 Å². The second-order valence-corrected chi connectivity index (χ2v) is 3.83. The zero-order valence-electron chi connectivity index (χ0n) is 9.88. The summed E-state index contributed by atoms with van der Waals surface area (Å²) in [5.41, 5.74) is 6.71. The van der Waals surface area contributed by atoms with Gasteiger partial charge in [-0.3, -0.25) is 0 Å². The number of benzene rings is 1. The van der Waals surface area contributed by atoms with Crippen molar-refractivity contribution in [3.8, 4) is 0 Å². The summed E-state index contributed by atoms with van der Waals surface area (Å²) in [6.07, 6.45) is -2.31. The van der Waals surface area contributed by atoms with Crippen LogP contribution in [0.2, 0.25) is 0 Å². The highest BCUT2D eigenvalue weighted by molar-refractivity contribution is 5.91. The number of esters is 1. The summed E-state index contributed by atoms with van der Waals surface area (Å²) in [6.45, 7) is 1.74. The Labute approximate surface area is 99.8 Å². The van der Waals surface area contributed by atoms with Crippen molar-refractivity contribution in [2.45, 2.75) is 19.1 Å². The quantitative estimate of drug-likeness (QED) is 0.650. The SMILES string of the molecule is COC(=O)c1ccc(C)cc1C(O)C(O)CN. The molecule has 0 aromatic heterocycles. The van der Waals surface area contributed by atoms with Crippen LogP contribution in [-0.4, -0.2) is 35.9 Å². The summed E-state index contributed by atoms with van der Waals surface area (Å²) in [4.78, 5) is 11.5. The lowest BCUT2D eigenvalue weighted by atomic mass is 9.96. The van der Waals surface area contributed by atoms with E-state index >= 15 is 0 Å². The van der Waals surface area contributed by atoms with Gasteiger partial charge < -0.3 is 20.7 Å². The predicted octanol–water partition coefficient (Wildman–Crippen LogP) is 0.135. The summed E-state index contributed by atoms with van der Waals surface area (Å²) in [7, 11) is 1.26. The summed E-state index contributed by atoms with van der Waals surface area (Å²) in [6, 6.07) is 4.93. The molecule has 2 unspecified atom stereocenters. The Morgan fingerprint density at radius 2 is 2.12 bits per heavy atom. The molecule has 4 N–H and O–H groups in total. The van der Waals surface area contributed by atoms with Crippen molar-refractivity contribution in [1.82, 2.24) is 0 Å². The van der Waals surface area contributed by atoms with Gasteiger partial charge in [0.15, 0.2) is 0 Å². The summed E-state index contributed by atoms with van der Waals surface area (Å²) >= 11 is 0. The Bertz CT molecular complexity index is 405. The fourth-order valence-electron chi connectivity index (χ4n) is 1.56. The normalized spacial score (nSPS) is 14.2. The van der Waals surface area contributed by atoms with E-state index in [1.807, 2.05) is 6.92 Å². The number of carbonyl (C=O) groups is 1. The molecule has 0 bridgehead atoms. The van der Waals surface area contributed by atoms with E-state index in [1.165, 1.54) is 7.11 Å². The number of rotatable bonds is 4. The Morgan fingerprint density at radius 1 is 1.47 bits per heavy atom. The van der Waals surface area contributed by atoms with Crippen molar-refractivity contribution >= 4 is 5.97 Å². The van der Waals surface area contributed by atoms with Gasteiger partial charge in [-0.25, -0.2) is 4.79 Å². The number of aliphatic hydroxyl groups is 2. The smallest absolute Gasteiger partial charge is 0.338 e. The molecule has 0 saturated carbocycles. The van der Waals surface area contributed by atoms with Gasteiger partial charge in [-0.15, -0.1) is 0 Å². The molecule has 0 aliphatic carbocycles. The highest BCUT2D eigenvalue weighted by Gasteiger charge is 2.23. The van der Waals surface area contributed by atoms with Gasteiger partial charge in [0.25, 0.3) is 0 Å². The number of methoxy groups -OCH3 is 1. The third-order valence-corrected chi connectivity index (χ3v) is 2.54. The van der Waals surface area contributed by atoms with Gasteiger partial charge in [0.2, 0.25) is 0 Å². The van der Waals surface area contributed by atoms with E-state index in [4.69, 9.17) is 5.73 Å². The van der Waals surface area contributed by atoms with Gasteiger partial charge in [0.05, 0.1) is 18.8 Å². The van der Waals surface area contributed by atoms with Crippen LogP contribution in [-0.2, 0) is 4.74 Å². The van der Waals surface area contributed by atoms with Crippen LogP contribution in [0.1, 0.15) is 27.6 Å². The van der Waals surface area contributed by atoms with Gasteiger partial charge in [0.1, 0.15) is 6.10 Å². The van der Waals surface area contributed by atoms with Crippen molar-refractivity contribution < 1.29 is 19.7 Å². The molecule has 17 heavy (non-hydrogen) atoms. The molecule has 0 heterocycles. The molecule has 0 amide bonds. The van der Waals surface area contributed by atoms with Crippen LogP contribution in [0.3, 0.4) is 0 Å². The van der Waals surface area contributed by atoms with E-state index in [0.29, 0.717) is 5.56 Å². The molecule has 0 fully saturated rings. The van der Waals surface area contributed by atoms with Gasteiger partial charge in [-0.2, -0.15) is 0 Å². The number of aliphatic hydroxyl groups excluding tert-OH is 2. The van der Waals surface area contributed by atoms with Crippen molar-refractivity contribution in [1.29, 1.82) is 0 Å². The lowest BCUT2D eigenvalue weighted by Gasteiger charge is -2.19. The second kappa shape index (κ2) is 5.77. The number of hydrogen-bond donors (Lipinski definition) is 3. The largest absolute Gasteiger partial charge is 0.465 e. The maximum atomic E-state index is 11.5. The van der Waals surface area contributed by atoms with Crippen LogP contribution in [0.5, 0.6) is 0 Å². The summed E-state index contributed by atoms with van der Waals surface area (Å²) in [5.74, 6) is -0.553. The van der Waals surface area contributed by atoms with E-state index in [-0.39, 0.29) is 12.1 Å². The van der Waals surface area contributed by atoms with E-state index in [2.05, 4.69) is 4.74 Å². The fourth-order valence-corrected chi connectivity index (χ4v) is 1.56. The van der Waals surface area contributed by atoms with Crippen LogP contribution < -0.4 is 5.73 Å². The molecule has 0 radical (unpaired) electrons. The number of carbonyl (C=O) groups excluding carboxylic acids is 1. The van der Waals surface area contributed by atoms with Gasteiger partial charge in [0, 0.05) is 6.54 Å². The third kappa shape index (κ3) is 3.03. The first-order valence-corrected chi connectivity index (χ1v) is 5.26. The first-order chi connectivity index (χ1) is 8.01. The van der Waals surface area contributed by atoms with Crippen molar-refractivity contribution in [2.75, 3.05) is 13.7 Å². The Morgan fingerprint density at radius 3 is 2.65 bits per heavy atom. The molecule has 1 rings (SSSR count). The summed E-state index contributed by atoms with van der Waals surface area (Å²) in [5, 5.41) is 19.4. The van der Waals surface area contributed by atoms with Crippen molar-refractivity contribution in [3.05, 3.63) is 34.9 Å². The molecule has 5 nitrogen and oxygen atoms in total.